The Labute approximate surface area is 147 Å². The summed E-state index contributed by atoms with van der Waals surface area (Å²) in [5.41, 5.74) is 3.20. The summed E-state index contributed by atoms with van der Waals surface area (Å²) in [6, 6.07) is 10.8. The average Bonchev–Trinajstić information content (AvgIpc) is 3.35. The molecule has 3 aromatic heterocycles. The predicted octanol–water partition coefficient (Wildman–Crippen LogP) is 4.11. The Bertz CT molecular complexity index is 980. The fourth-order valence-electron chi connectivity index (χ4n) is 2.25. The first-order valence-electron chi connectivity index (χ1n) is 7.47. The molecule has 4 aromatic rings. The van der Waals surface area contributed by atoms with Gasteiger partial charge in [0, 0.05) is 29.0 Å². The van der Waals surface area contributed by atoms with E-state index in [0.29, 0.717) is 5.69 Å². The molecule has 0 radical (unpaired) electrons. The monoisotopic (exact) mass is 348 g/mol. The zero-order valence-electron chi connectivity index (χ0n) is 12.9. The lowest BCUT2D eigenvalue weighted by molar-refractivity contribution is 0.0996. The van der Waals surface area contributed by atoms with Gasteiger partial charge < -0.3 is 9.73 Å². The summed E-state index contributed by atoms with van der Waals surface area (Å²) in [4.78, 5) is 24.9. The van der Waals surface area contributed by atoms with E-state index in [-0.39, 0.29) is 11.7 Å². The van der Waals surface area contributed by atoms with E-state index in [1.807, 2.05) is 29.6 Å². The van der Waals surface area contributed by atoms with Gasteiger partial charge in [0.05, 0.1) is 12.5 Å². The molecular weight excluding hydrogens is 336 g/mol. The van der Waals surface area contributed by atoms with Crippen LogP contribution in [0.5, 0.6) is 0 Å². The third-order valence-electron chi connectivity index (χ3n) is 3.46. The summed E-state index contributed by atoms with van der Waals surface area (Å²) < 4.78 is 5.07. The second-order valence-corrected chi connectivity index (χ2v) is 6.00. The highest BCUT2D eigenvalue weighted by molar-refractivity contribution is 7.13. The highest BCUT2D eigenvalue weighted by atomic mass is 32.1. The predicted molar refractivity (Wildman–Crippen MR) is 95.2 cm³/mol. The van der Waals surface area contributed by atoms with Crippen molar-refractivity contribution in [1.82, 2.24) is 15.0 Å². The molecule has 25 heavy (non-hydrogen) atoms. The van der Waals surface area contributed by atoms with E-state index >= 15 is 0 Å². The standard InChI is InChI=1S/C18H12N4O2S/c23-17(16-2-1-9-24-16)21-13-5-3-12(4-6-13)18-22-15(11-25-18)14-10-19-7-8-20-14/h1-11H,(H,21,23). The minimum Gasteiger partial charge on any atom is -0.459 e. The van der Waals surface area contributed by atoms with Crippen LogP contribution in [0.3, 0.4) is 0 Å². The molecule has 6 nitrogen and oxygen atoms in total. The van der Waals surface area contributed by atoms with Gasteiger partial charge in [-0.25, -0.2) is 4.98 Å². The van der Waals surface area contributed by atoms with E-state index in [1.54, 1.807) is 30.7 Å². The number of anilines is 1. The van der Waals surface area contributed by atoms with Crippen LogP contribution in [-0.4, -0.2) is 20.9 Å². The number of carbonyl (C=O) groups is 1. The number of hydrogen-bond donors (Lipinski definition) is 1. The van der Waals surface area contributed by atoms with Gasteiger partial charge in [0.25, 0.3) is 5.91 Å². The minimum atomic E-state index is -0.281. The van der Waals surface area contributed by atoms with Gasteiger partial charge in [-0.05, 0) is 36.4 Å². The molecule has 0 fully saturated rings. The molecule has 0 aliphatic carbocycles. The molecule has 0 aliphatic heterocycles. The number of nitrogens with zero attached hydrogens (tertiary/aromatic N) is 3. The molecule has 0 saturated heterocycles. The maximum atomic E-state index is 12.0. The number of thiazole rings is 1. The van der Waals surface area contributed by atoms with Gasteiger partial charge in [0.15, 0.2) is 5.76 Å². The van der Waals surface area contributed by atoms with Gasteiger partial charge in [-0.3, -0.25) is 14.8 Å². The maximum absolute atomic E-state index is 12.0. The Balaban J connectivity index is 1.51. The molecule has 0 aliphatic rings. The number of furan rings is 1. The molecule has 3 heterocycles. The van der Waals surface area contributed by atoms with E-state index < -0.39 is 0 Å². The topological polar surface area (TPSA) is 80.9 Å². The Morgan fingerprint density at radius 2 is 1.96 bits per heavy atom. The number of hydrogen-bond acceptors (Lipinski definition) is 6. The third kappa shape index (κ3) is 3.31. The molecule has 0 bridgehead atoms. The van der Waals surface area contributed by atoms with Crippen LogP contribution < -0.4 is 5.32 Å². The van der Waals surface area contributed by atoms with Crippen molar-refractivity contribution in [3.63, 3.8) is 0 Å². The number of rotatable bonds is 4. The van der Waals surface area contributed by atoms with E-state index in [0.717, 1.165) is 22.0 Å². The van der Waals surface area contributed by atoms with Crippen LogP contribution in [0.2, 0.25) is 0 Å². The number of carbonyl (C=O) groups excluding carboxylic acids is 1. The molecule has 1 amide bonds. The van der Waals surface area contributed by atoms with Gasteiger partial charge in [0.1, 0.15) is 16.4 Å². The smallest absolute Gasteiger partial charge is 0.291 e. The van der Waals surface area contributed by atoms with Crippen molar-refractivity contribution in [1.29, 1.82) is 0 Å². The first kappa shape index (κ1) is 15.2. The SMILES string of the molecule is O=C(Nc1ccc(-c2nc(-c3cnccn3)cs2)cc1)c1ccco1. The zero-order chi connectivity index (χ0) is 17.1. The van der Waals surface area contributed by atoms with Crippen molar-refractivity contribution in [2.75, 3.05) is 5.32 Å². The fourth-order valence-corrected chi connectivity index (χ4v) is 3.07. The lowest BCUT2D eigenvalue weighted by atomic mass is 10.2. The van der Waals surface area contributed by atoms with E-state index in [1.165, 1.54) is 17.6 Å². The van der Waals surface area contributed by atoms with E-state index in [2.05, 4.69) is 20.3 Å². The molecule has 0 unspecified atom stereocenters. The summed E-state index contributed by atoms with van der Waals surface area (Å²) in [6.07, 6.45) is 6.43. The Morgan fingerprint density at radius 3 is 2.68 bits per heavy atom. The minimum absolute atomic E-state index is 0.276. The lowest BCUT2D eigenvalue weighted by Gasteiger charge is -2.04. The Kier molecular flexibility index (Phi) is 4.05. The molecular formula is C18H12N4O2S. The normalized spacial score (nSPS) is 10.6. The highest BCUT2D eigenvalue weighted by Crippen LogP contribution is 2.28. The maximum Gasteiger partial charge on any atom is 0.291 e. The molecule has 0 spiro atoms. The van der Waals surface area contributed by atoms with Crippen LogP contribution in [0.15, 0.2) is 71.0 Å². The van der Waals surface area contributed by atoms with Crippen molar-refractivity contribution in [3.05, 3.63) is 72.4 Å². The Hall–Kier alpha value is -3.32. The summed E-state index contributed by atoms with van der Waals surface area (Å²) in [5.74, 6) is -0.00505. The third-order valence-corrected chi connectivity index (χ3v) is 4.36. The van der Waals surface area contributed by atoms with Crippen LogP contribution in [-0.2, 0) is 0 Å². The quantitative estimate of drug-likeness (QED) is 0.600. The highest BCUT2D eigenvalue weighted by Gasteiger charge is 2.10. The molecule has 1 N–H and O–H groups in total. The van der Waals surface area contributed by atoms with Crippen LogP contribution in [0.25, 0.3) is 22.0 Å². The van der Waals surface area contributed by atoms with E-state index in [4.69, 9.17) is 4.42 Å². The second kappa shape index (κ2) is 6.66. The van der Waals surface area contributed by atoms with Gasteiger partial charge in [-0.1, -0.05) is 0 Å². The number of benzene rings is 1. The van der Waals surface area contributed by atoms with E-state index in [9.17, 15) is 4.79 Å². The molecule has 122 valence electrons. The fraction of sp³-hybridized carbons (Fsp3) is 0. The van der Waals surface area contributed by atoms with Gasteiger partial charge >= 0.3 is 0 Å². The zero-order valence-corrected chi connectivity index (χ0v) is 13.7. The van der Waals surface area contributed by atoms with Crippen molar-refractivity contribution < 1.29 is 9.21 Å². The first-order valence-corrected chi connectivity index (χ1v) is 8.35. The summed E-state index contributed by atoms with van der Waals surface area (Å²) in [5, 5.41) is 5.62. The Morgan fingerprint density at radius 1 is 1.08 bits per heavy atom. The molecule has 4 rings (SSSR count). The molecule has 1 aromatic carbocycles. The molecule has 7 heteroatoms. The number of amides is 1. The summed E-state index contributed by atoms with van der Waals surface area (Å²) in [6.45, 7) is 0. The van der Waals surface area contributed by atoms with Gasteiger partial charge in [-0.2, -0.15) is 0 Å². The van der Waals surface area contributed by atoms with Gasteiger partial charge in [-0.15, -0.1) is 11.3 Å². The van der Waals surface area contributed by atoms with Crippen LogP contribution in [0.4, 0.5) is 5.69 Å². The average molecular weight is 348 g/mol. The van der Waals surface area contributed by atoms with Crippen molar-refractivity contribution in [3.8, 4) is 22.0 Å². The summed E-state index contributed by atoms with van der Waals surface area (Å²) >= 11 is 1.53. The van der Waals surface area contributed by atoms with Crippen molar-refractivity contribution in [2.24, 2.45) is 0 Å². The lowest BCUT2D eigenvalue weighted by Crippen LogP contribution is -2.10. The summed E-state index contributed by atoms with van der Waals surface area (Å²) in [7, 11) is 0. The second-order valence-electron chi connectivity index (χ2n) is 5.14. The van der Waals surface area contributed by atoms with Crippen LogP contribution in [0, 0.1) is 0 Å². The van der Waals surface area contributed by atoms with Crippen molar-refractivity contribution >= 4 is 22.9 Å². The molecule has 0 atom stereocenters. The number of aromatic nitrogens is 3. The number of nitrogens with one attached hydrogen (secondary N) is 1. The van der Waals surface area contributed by atoms with Crippen molar-refractivity contribution in [2.45, 2.75) is 0 Å². The largest absolute Gasteiger partial charge is 0.459 e. The van der Waals surface area contributed by atoms with Gasteiger partial charge in [0.2, 0.25) is 0 Å². The van der Waals surface area contributed by atoms with Crippen LogP contribution in [0.1, 0.15) is 10.6 Å². The first-order chi connectivity index (χ1) is 12.3. The van der Waals surface area contributed by atoms with Crippen LogP contribution >= 0.6 is 11.3 Å². The molecule has 0 saturated carbocycles.